The summed E-state index contributed by atoms with van der Waals surface area (Å²) in [4.78, 5) is 0. The lowest BCUT2D eigenvalue weighted by Gasteiger charge is -2.19. The quantitative estimate of drug-likeness (QED) is 0.809. The van der Waals surface area contributed by atoms with E-state index in [1.54, 1.807) is 0 Å². The van der Waals surface area contributed by atoms with Crippen LogP contribution in [-0.2, 0) is 4.74 Å². The zero-order valence-electron chi connectivity index (χ0n) is 9.59. The Morgan fingerprint density at radius 2 is 1.88 bits per heavy atom. The van der Waals surface area contributed by atoms with Gasteiger partial charge >= 0.3 is 0 Å². The van der Waals surface area contributed by atoms with Gasteiger partial charge in [0.1, 0.15) is 11.6 Å². The van der Waals surface area contributed by atoms with Gasteiger partial charge in [0.15, 0.2) is 0 Å². The van der Waals surface area contributed by atoms with Gasteiger partial charge in [-0.05, 0) is 25.6 Å². The van der Waals surface area contributed by atoms with E-state index >= 15 is 0 Å². The van der Waals surface area contributed by atoms with Crippen molar-refractivity contribution in [2.24, 2.45) is 0 Å². The van der Waals surface area contributed by atoms with Crippen LogP contribution in [0.1, 0.15) is 25.5 Å². The molecule has 1 atom stereocenters. The molecule has 0 radical (unpaired) electrons. The number of benzene rings is 1. The molecule has 0 aliphatic heterocycles. The zero-order chi connectivity index (χ0) is 12.0. The first kappa shape index (κ1) is 13.1. The maximum atomic E-state index is 13.5. The van der Waals surface area contributed by atoms with Crippen molar-refractivity contribution in [1.29, 1.82) is 0 Å². The van der Waals surface area contributed by atoms with E-state index in [0.717, 1.165) is 0 Å². The minimum absolute atomic E-state index is 0.0535. The fourth-order valence-electron chi connectivity index (χ4n) is 1.57. The fraction of sp³-hybridized carbons (Fsp3) is 0.500. The van der Waals surface area contributed by atoms with Crippen LogP contribution in [0, 0.1) is 11.6 Å². The average molecular weight is 229 g/mol. The number of rotatable bonds is 6. The summed E-state index contributed by atoms with van der Waals surface area (Å²) in [5.41, 5.74) is 0.0535. The molecule has 0 aliphatic carbocycles. The van der Waals surface area contributed by atoms with Gasteiger partial charge in [0, 0.05) is 12.2 Å². The summed E-state index contributed by atoms with van der Waals surface area (Å²) in [6, 6.07) is 3.44. The Balaban J connectivity index is 2.90. The number of halogens is 2. The van der Waals surface area contributed by atoms with Crippen molar-refractivity contribution in [1.82, 2.24) is 5.32 Å². The van der Waals surface area contributed by atoms with Gasteiger partial charge < -0.3 is 10.1 Å². The third-order valence-corrected chi connectivity index (χ3v) is 2.29. The van der Waals surface area contributed by atoms with Gasteiger partial charge in [0.2, 0.25) is 0 Å². The Morgan fingerprint density at radius 3 is 2.38 bits per heavy atom. The van der Waals surface area contributed by atoms with Crippen molar-refractivity contribution >= 4 is 0 Å². The molecular formula is C12H17F2NO. The third-order valence-electron chi connectivity index (χ3n) is 2.29. The Kier molecular flexibility index (Phi) is 5.35. The molecule has 0 saturated heterocycles. The smallest absolute Gasteiger partial charge is 0.131 e. The lowest BCUT2D eigenvalue weighted by molar-refractivity contribution is 0.121. The van der Waals surface area contributed by atoms with Gasteiger partial charge in [0.25, 0.3) is 0 Å². The normalized spacial score (nSPS) is 12.8. The van der Waals surface area contributed by atoms with Crippen molar-refractivity contribution in [3.05, 3.63) is 35.4 Å². The number of hydrogen-bond donors (Lipinski definition) is 1. The Hall–Kier alpha value is -1.00. The molecule has 1 aromatic rings. The highest BCUT2D eigenvalue weighted by atomic mass is 19.1. The summed E-state index contributed by atoms with van der Waals surface area (Å²) in [5, 5.41) is 3.01. The van der Waals surface area contributed by atoms with Gasteiger partial charge in [-0.3, -0.25) is 0 Å². The lowest BCUT2D eigenvalue weighted by Crippen LogP contribution is -2.27. The average Bonchev–Trinajstić information content (AvgIpc) is 2.25. The first-order valence-corrected chi connectivity index (χ1v) is 5.45. The number of ether oxygens (including phenoxy) is 1. The van der Waals surface area contributed by atoms with E-state index in [4.69, 9.17) is 4.74 Å². The summed E-state index contributed by atoms with van der Waals surface area (Å²) < 4.78 is 32.2. The van der Waals surface area contributed by atoms with Crippen LogP contribution in [0.2, 0.25) is 0 Å². The highest BCUT2D eigenvalue weighted by molar-refractivity contribution is 5.23. The summed E-state index contributed by atoms with van der Waals surface area (Å²) in [6.07, 6.45) is 0. The highest BCUT2D eigenvalue weighted by Gasteiger charge is 2.19. The Bertz CT molecular complexity index is 311. The maximum absolute atomic E-state index is 13.5. The van der Waals surface area contributed by atoms with Crippen molar-refractivity contribution in [3.8, 4) is 0 Å². The lowest BCUT2D eigenvalue weighted by atomic mass is 10.1. The van der Waals surface area contributed by atoms with E-state index in [9.17, 15) is 8.78 Å². The molecule has 1 N–H and O–H groups in total. The Morgan fingerprint density at radius 1 is 1.25 bits per heavy atom. The fourth-order valence-corrected chi connectivity index (χ4v) is 1.57. The van der Waals surface area contributed by atoms with E-state index in [1.807, 2.05) is 13.8 Å². The van der Waals surface area contributed by atoms with E-state index in [2.05, 4.69) is 5.32 Å². The van der Waals surface area contributed by atoms with E-state index in [0.29, 0.717) is 13.2 Å². The molecule has 0 fully saturated rings. The van der Waals surface area contributed by atoms with Crippen LogP contribution in [0.4, 0.5) is 8.78 Å². The predicted molar refractivity (Wildman–Crippen MR) is 59.3 cm³/mol. The minimum atomic E-state index is -0.536. The molecular weight excluding hydrogens is 212 g/mol. The molecule has 16 heavy (non-hydrogen) atoms. The second-order valence-corrected chi connectivity index (χ2v) is 3.41. The first-order chi connectivity index (χ1) is 7.70. The van der Waals surface area contributed by atoms with E-state index < -0.39 is 17.7 Å². The van der Waals surface area contributed by atoms with Crippen molar-refractivity contribution < 1.29 is 13.5 Å². The van der Waals surface area contributed by atoms with Crippen LogP contribution in [0.3, 0.4) is 0 Å². The molecule has 90 valence electrons. The second-order valence-electron chi connectivity index (χ2n) is 3.41. The molecule has 0 bridgehead atoms. The van der Waals surface area contributed by atoms with Crippen LogP contribution in [0.15, 0.2) is 18.2 Å². The SMILES string of the molecule is CCNC(COCC)c1c(F)cccc1F. The Labute approximate surface area is 94.6 Å². The third kappa shape index (κ3) is 3.25. The molecule has 2 nitrogen and oxygen atoms in total. The summed E-state index contributed by atoms with van der Waals surface area (Å²) >= 11 is 0. The van der Waals surface area contributed by atoms with Crippen molar-refractivity contribution in [2.45, 2.75) is 19.9 Å². The van der Waals surface area contributed by atoms with Gasteiger partial charge in [0.05, 0.1) is 12.6 Å². The molecule has 0 heterocycles. The molecule has 4 heteroatoms. The highest BCUT2D eigenvalue weighted by Crippen LogP contribution is 2.20. The number of hydrogen-bond acceptors (Lipinski definition) is 2. The van der Waals surface area contributed by atoms with Crippen LogP contribution in [-0.4, -0.2) is 19.8 Å². The zero-order valence-corrected chi connectivity index (χ0v) is 9.59. The first-order valence-electron chi connectivity index (χ1n) is 5.45. The van der Waals surface area contributed by atoms with Gasteiger partial charge in [-0.2, -0.15) is 0 Å². The van der Waals surface area contributed by atoms with E-state index in [-0.39, 0.29) is 12.2 Å². The van der Waals surface area contributed by atoms with Gasteiger partial charge in [-0.25, -0.2) is 8.78 Å². The second kappa shape index (κ2) is 6.55. The predicted octanol–water partition coefficient (Wildman–Crippen LogP) is 2.65. The molecule has 0 amide bonds. The van der Waals surface area contributed by atoms with Crippen LogP contribution in [0.5, 0.6) is 0 Å². The van der Waals surface area contributed by atoms with Crippen molar-refractivity contribution in [2.75, 3.05) is 19.8 Å². The molecule has 0 aliphatic rings. The van der Waals surface area contributed by atoms with Crippen molar-refractivity contribution in [3.63, 3.8) is 0 Å². The molecule has 1 rings (SSSR count). The summed E-state index contributed by atoms with van der Waals surface area (Å²) in [7, 11) is 0. The molecule has 0 aromatic heterocycles. The number of nitrogens with one attached hydrogen (secondary N) is 1. The maximum Gasteiger partial charge on any atom is 0.131 e. The van der Waals surface area contributed by atoms with Crippen LogP contribution in [0.25, 0.3) is 0 Å². The van der Waals surface area contributed by atoms with Crippen LogP contribution < -0.4 is 5.32 Å². The molecule has 1 aromatic carbocycles. The molecule has 0 spiro atoms. The molecule has 1 unspecified atom stereocenters. The topological polar surface area (TPSA) is 21.3 Å². The summed E-state index contributed by atoms with van der Waals surface area (Å²) in [6.45, 7) is 5.16. The standard InChI is InChI=1S/C12H17F2NO/c1-3-15-11(8-16-4-2)12-9(13)6-5-7-10(12)14/h5-7,11,15H,3-4,8H2,1-2H3. The minimum Gasteiger partial charge on any atom is -0.380 e. The molecule has 0 saturated carbocycles. The largest absolute Gasteiger partial charge is 0.380 e. The number of likely N-dealkylation sites (N-methyl/N-ethyl adjacent to an activating group) is 1. The van der Waals surface area contributed by atoms with Gasteiger partial charge in [-0.1, -0.05) is 13.0 Å². The summed E-state index contributed by atoms with van der Waals surface area (Å²) in [5.74, 6) is -1.07. The van der Waals surface area contributed by atoms with E-state index in [1.165, 1.54) is 18.2 Å². The van der Waals surface area contributed by atoms with Crippen LogP contribution >= 0.6 is 0 Å². The monoisotopic (exact) mass is 229 g/mol. The van der Waals surface area contributed by atoms with Gasteiger partial charge in [-0.15, -0.1) is 0 Å².